The summed E-state index contributed by atoms with van der Waals surface area (Å²) in [6.07, 6.45) is 1.50. The molecule has 1 aliphatic heterocycles. The molecule has 1 unspecified atom stereocenters. The van der Waals surface area contributed by atoms with Crippen LogP contribution in [0, 0.1) is 0 Å². The highest BCUT2D eigenvalue weighted by molar-refractivity contribution is 7.09. The lowest BCUT2D eigenvalue weighted by Crippen LogP contribution is -2.48. The number of nitrogens with zero attached hydrogens (tertiary/aromatic N) is 3. The van der Waals surface area contributed by atoms with E-state index >= 15 is 0 Å². The number of hydrogen-bond acceptors (Lipinski definition) is 5. The summed E-state index contributed by atoms with van der Waals surface area (Å²) in [4.78, 5) is 30.1. The summed E-state index contributed by atoms with van der Waals surface area (Å²) in [6.45, 7) is 2.41. The van der Waals surface area contributed by atoms with E-state index in [2.05, 4.69) is 32.7 Å². The molecular weight excluding hydrogens is 433 g/mol. The van der Waals surface area contributed by atoms with E-state index in [1.165, 1.54) is 24.1 Å². The summed E-state index contributed by atoms with van der Waals surface area (Å²) in [5.74, 6) is -2.72. The molecule has 31 heavy (non-hydrogen) atoms. The highest BCUT2D eigenvalue weighted by atomic mass is 32.1. The second-order valence-electron chi connectivity index (χ2n) is 7.68. The Balaban J connectivity index is 0.000000339. The topological polar surface area (TPSA) is 87.5 Å². The number of hydrogen-bond donors (Lipinski definition) is 2. The van der Waals surface area contributed by atoms with Gasteiger partial charge in [-0.3, -0.25) is 9.69 Å². The van der Waals surface area contributed by atoms with Gasteiger partial charge >= 0.3 is 12.1 Å². The van der Waals surface area contributed by atoms with E-state index in [0.29, 0.717) is 12.6 Å². The number of halogens is 3. The predicted molar refractivity (Wildman–Crippen MR) is 109 cm³/mol. The van der Waals surface area contributed by atoms with Crippen molar-refractivity contribution in [1.82, 2.24) is 19.8 Å². The van der Waals surface area contributed by atoms with E-state index in [4.69, 9.17) is 9.90 Å². The Hall–Kier alpha value is -2.40. The SMILES string of the molecule is Cn1cnc2c1C(C(=O)NCCc1cccs1)CN(C1CCC1)C2.O=C(O)C(F)(F)F. The van der Waals surface area contributed by atoms with Gasteiger partial charge in [0.25, 0.3) is 0 Å². The van der Waals surface area contributed by atoms with Gasteiger partial charge in [-0.15, -0.1) is 11.3 Å². The maximum absolute atomic E-state index is 12.8. The van der Waals surface area contributed by atoms with Crippen LogP contribution in [0.25, 0.3) is 0 Å². The quantitative estimate of drug-likeness (QED) is 0.720. The number of imidazole rings is 1. The molecule has 2 aliphatic rings. The first-order valence-electron chi connectivity index (χ1n) is 10.0. The van der Waals surface area contributed by atoms with Gasteiger partial charge in [0, 0.05) is 37.6 Å². The molecule has 7 nitrogen and oxygen atoms in total. The second kappa shape index (κ2) is 9.82. The zero-order valence-corrected chi connectivity index (χ0v) is 17.9. The fourth-order valence-electron chi connectivity index (χ4n) is 3.76. The Kier molecular flexibility index (Phi) is 7.37. The third-order valence-electron chi connectivity index (χ3n) is 5.56. The molecule has 4 rings (SSSR count). The van der Waals surface area contributed by atoms with Gasteiger partial charge in [-0.05, 0) is 30.7 Å². The molecule has 1 aliphatic carbocycles. The number of aromatic nitrogens is 2. The maximum Gasteiger partial charge on any atom is 0.490 e. The van der Waals surface area contributed by atoms with Crippen molar-refractivity contribution >= 4 is 23.2 Å². The minimum Gasteiger partial charge on any atom is -0.475 e. The first kappa shape index (κ1) is 23.3. The van der Waals surface area contributed by atoms with E-state index in [9.17, 15) is 18.0 Å². The number of aryl methyl sites for hydroxylation is 1. The second-order valence-corrected chi connectivity index (χ2v) is 8.71. The highest BCUT2D eigenvalue weighted by Gasteiger charge is 2.38. The number of alkyl halides is 3. The average molecular weight is 459 g/mol. The fraction of sp³-hybridized carbons (Fsp3) is 0.550. The Morgan fingerprint density at radius 2 is 2.06 bits per heavy atom. The molecule has 0 radical (unpaired) electrons. The number of nitrogens with one attached hydrogen (secondary N) is 1. The Labute approximate surface area is 181 Å². The van der Waals surface area contributed by atoms with Crippen molar-refractivity contribution < 1.29 is 27.9 Å². The van der Waals surface area contributed by atoms with E-state index in [-0.39, 0.29) is 11.8 Å². The molecule has 170 valence electrons. The molecular formula is C20H25F3N4O3S. The molecule has 1 saturated carbocycles. The standard InChI is InChI=1S/C18H24N4OS.C2HF3O2/c1-21-12-20-16-11-22(13-4-2-5-13)10-15(17(16)21)18(23)19-8-7-14-6-3-9-24-14;3-2(4,5)1(6)7/h3,6,9,12-13,15H,2,4-5,7-8,10-11H2,1H3,(H,19,23);(H,6,7). The van der Waals surface area contributed by atoms with Crippen LogP contribution in [0.5, 0.6) is 0 Å². The van der Waals surface area contributed by atoms with Crippen LogP contribution >= 0.6 is 11.3 Å². The van der Waals surface area contributed by atoms with Gasteiger partial charge in [0.2, 0.25) is 5.91 Å². The molecule has 0 bridgehead atoms. The van der Waals surface area contributed by atoms with Crippen LogP contribution in [0.1, 0.15) is 41.4 Å². The van der Waals surface area contributed by atoms with Crippen molar-refractivity contribution in [1.29, 1.82) is 0 Å². The van der Waals surface area contributed by atoms with Crippen molar-refractivity contribution in [2.75, 3.05) is 13.1 Å². The molecule has 1 amide bonds. The molecule has 0 saturated heterocycles. The summed E-state index contributed by atoms with van der Waals surface area (Å²) >= 11 is 1.74. The van der Waals surface area contributed by atoms with Gasteiger partial charge in [0.1, 0.15) is 0 Å². The molecule has 1 atom stereocenters. The van der Waals surface area contributed by atoms with Crippen LogP contribution in [0.3, 0.4) is 0 Å². The summed E-state index contributed by atoms with van der Waals surface area (Å²) in [6, 6.07) is 4.82. The summed E-state index contributed by atoms with van der Waals surface area (Å²) in [7, 11) is 2.00. The summed E-state index contributed by atoms with van der Waals surface area (Å²) in [5, 5.41) is 12.3. The van der Waals surface area contributed by atoms with Crippen LogP contribution in [0.2, 0.25) is 0 Å². The number of amides is 1. The van der Waals surface area contributed by atoms with E-state index in [1.807, 2.05) is 17.9 Å². The van der Waals surface area contributed by atoms with Gasteiger partial charge in [-0.1, -0.05) is 12.5 Å². The van der Waals surface area contributed by atoms with Crippen LogP contribution in [0.4, 0.5) is 13.2 Å². The van der Waals surface area contributed by atoms with Gasteiger partial charge in [-0.25, -0.2) is 9.78 Å². The minimum absolute atomic E-state index is 0.106. The number of carboxylic acids is 1. The van der Waals surface area contributed by atoms with Crippen molar-refractivity contribution in [3.63, 3.8) is 0 Å². The minimum atomic E-state index is -5.08. The lowest BCUT2D eigenvalue weighted by molar-refractivity contribution is -0.192. The molecule has 2 N–H and O–H groups in total. The molecule has 3 heterocycles. The monoisotopic (exact) mass is 458 g/mol. The molecule has 2 aromatic rings. The van der Waals surface area contributed by atoms with Crippen LogP contribution < -0.4 is 5.32 Å². The third-order valence-corrected chi connectivity index (χ3v) is 6.50. The van der Waals surface area contributed by atoms with Crippen molar-refractivity contribution in [3.05, 3.63) is 40.1 Å². The number of carbonyl (C=O) groups excluding carboxylic acids is 1. The van der Waals surface area contributed by atoms with Crippen molar-refractivity contribution in [2.24, 2.45) is 7.05 Å². The van der Waals surface area contributed by atoms with E-state index < -0.39 is 12.1 Å². The van der Waals surface area contributed by atoms with Crippen molar-refractivity contribution in [2.45, 2.75) is 50.4 Å². The largest absolute Gasteiger partial charge is 0.490 e. The fourth-order valence-corrected chi connectivity index (χ4v) is 4.47. The number of fused-ring (bicyclic) bond motifs is 1. The molecule has 2 aromatic heterocycles. The smallest absolute Gasteiger partial charge is 0.475 e. The van der Waals surface area contributed by atoms with Crippen LogP contribution in [-0.2, 0) is 29.6 Å². The first-order valence-corrected chi connectivity index (χ1v) is 10.9. The Morgan fingerprint density at radius 3 is 2.61 bits per heavy atom. The molecule has 11 heteroatoms. The predicted octanol–water partition coefficient (Wildman–Crippen LogP) is 2.93. The number of aliphatic carboxylic acids is 1. The van der Waals surface area contributed by atoms with Gasteiger partial charge in [0.15, 0.2) is 0 Å². The van der Waals surface area contributed by atoms with E-state index in [0.717, 1.165) is 30.9 Å². The molecule has 0 spiro atoms. The van der Waals surface area contributed by atoms with Crippen molar-refractivity contribution in [3.8, 4) is 0 Å². The average Bonchev–Trinajstić information content (AvgIpc) is 3.29. The van der Waals surface area contributed by atoms with Gasteiger partial charge in [0.05, 0.1) is 23.6 Å². The molecule has 0 aromatic carbocycles. The third kappa shape index (κ3) is 5.85. The van der Waals surface area contributed by atoms with Gasteiger partial charge < -0.3 is 15.0 Å². The summed E-state index contributed by atoms with van der Waals surface area (Å²) < 4.78 is 33.8. The van der Waals surface area contributed by atoms with Crippen LogP contribution in [-0.4, -0.2) is 56.7 Å². The normalized spacial score (nSPS) is 19.0. The zero-order chi connectivity index (χ0) is 22.6. The maximum atomic E-state index is 12.8. The van der Waals surface area contributed by atoms with Gasteiger partial charge in [-0.2, -0.15) is 13.2 Å². The first-order chi connectivity index (χ1) is 14.7. The number of rotatable bonds is 5. The number of carbonyl (C=O) groups is 2. The van der Waals surface area contributed by atoms with E-state index in [1.54, 1.807) is 11.3 Å². The highest BCUT2D eigenvalue weighted by Crippen LogP contribution is 2.34. The summed E-state index contributed by atoms with van der Waals surface area (Å²) in [5.41, 5.74) is 2.17. The number of carboxylic acid groups (broad SMARTS) is 1. The Bertz CT molecular complexity index is 894. The number of thiophene rings is 1. The molecule has 1 fully saturated rings. The lowest BCUT2D eigenvalue weighted by Gasteiger charge is -2.41. The lowest BCUT2D eigenvalue weighted by atomic mass is 9.87. The zero-order valence-electron chi connectivity index (χ0n) is 17.1. The van der Waals surface area contributed by atoms with Crippen LogP contribution in [0.15, 0.2) is 23.8 Å². The Morgan fingerprint density at radius 1 is 1.35 bits per heavy atom.